The van der Waals surface area contributed by atoms with Crippen molar-refractivity contribution in [2.45, 2.75) is 13.8 Å². The van der Waals surface area contributed by atoms with E-state index in [1.54, 1.807) is 23.5 Å². The van der Waals surface area contributed by atoms with Crippen LogP contribution in [-0.4, -0.2) is 28.9 Å². The number of nitro benzene ring substituents is 1. The van der Waals surface area contributed by atoms with Crippen LogP contribution in [0.15, 0.2) is 47.8 Å². The van der Waals surface area contributed by atoms with Gasteiger partial charge in [0, 0.05) is 41.9 Å². The molecular weight excluding hydrogens is 412 g/mol. The number of aromatic nitrogens is 1. The summed E-state index contributed by atoms with van der Waals surface area (Å²) in [7, 11) is 0. The summed E-state index contributed by atoms with van der Waals surface area (Å²) in [6, 6.07) is 11.1. The van der Waals surface area contributed by atoms with Gasteiger partial charge in [-0.2, -0.15) is 0 Å². The van der Waals surface area contributed by atoms with Crippen LogP contribution in [0.5, 0.6) is 0 Å². The third-order valence-electron chi connectivity index (χ3n) is 4.37. The first kappa shape index (κ1) is 20.8. The van der Waals surface area contributed by atoms with E-state index in [0.717, 1.165) is 35.5 Å². The molecule has 3 aromatic rings. The normalized spacial score (nSPS) is 10.6. The summed E-state index contributed by atoms with van der Waals surface area (Å²) in [4.78, 5) is 29.5. The molecule has 0 fully saturated rings. The molecule has 1 heterocycles. The van der Waals surface area contributed by atoms with E-state index in [4.69, 9.17) is 11.6 Å². The number of nitrogens with zero attached hydrogens (tertiary/aromatic N) is 3. The number of nitro groups is 1. The lowest BCUT2D eigenvalue weighted by atomic mass is 10.1. The Morgan fingerprint density at radius 1 is 1.21 bits per heavy atom. The maximum atomic E-state index is 12.4. The van der Waals surface area contributed by atoms with Crippen molar-refractivity contribution in [1.82, 2.24) is 4.98 Å². The van der Waals surface area contributed by atoms with Gasteiger partial charge in [0.2, 0.25) is 0 Å². The fraction of sp³-hybridized carbons (Fsp3) is 0.200. The Labute approximate surface area is 177 Å². The van der Waals surface area contributed by atoms with Gasteiger partial charge in [-0.3, -0.25) is 14.9 Å². The third-order valence-corrected chi connectivity index (χ3v) is 5.59. The number of hydrogen-bond acceptors (Lipinski definition) is 6. The number of amides is 1. The largest absolute Gasteiger partial charge is 0.349 e. The summed E-state index contributed by atoms with van der Waals surface area (Å²) < 4.78 is 0. The second-order valence-electron chi connectivity index (χ2n) is 6.14. The van der Waals surface area contributed by atoms with Crippen molar-refractivity contribution in [3.63, 3.8) is 0 Å². The van der Waals surface area contributed by atoms with Crippen LogP contribution in [0.2, 0.25) is 5.02 Å². The molecule has 150 valence electrons. The molecule has 0 radical (unpaired) electrons. The first-order valence-electron chi connectivity index (χ1n) is 8.99. The van der Waals surface area contributed by atoms with E-state index in [1.807, 2.05) is 17.5 Å². The van der Waals surface area contributed by atoms with Crippen molar-refractivity contribution >= 4 is 45.4 Å². The Hall–Kier alpha value is -2.97. The van der Waals surface area contributed by atoms with Crippen LogP contribution >= 0.6 is 22.9 Å². The van der Waals surface area contributed by atoms with Crippen LogP contribution in [0.25, 0.3) is 11.3 Å². The van der Waals surface area contributed by atoms with Crippen LogP contribution in [0.3, 0.4) is 0 Å². The predicted molar refractivity (Wildman–Crippen MR) is 117 cm³/mol. The van der Waals surface area contributed by atoms with Gasteiger partial charge >= 0.3 is 0 Å². The maximum absolute atomic E-state index is 12.4. The summed E-state index contributed by atoms with van der Waals surface area (Å²) in [6.45, 7) is 6.00. The van der Waals surface area contributed by atoms with Crippen LogP contribution in [0.1, 0.15) is 24.2 Å². The van der Waals surface area contributed by atoms with Crippen molar-refractivity contribution in [2.75, 3.05) is 23.3 Å². The minimum absolute atomic E-state index is 0.0275. The number of rotatable bonds is 7. The Morgan fingerprint density at radius 3 is 2.48 bits per heavy atom. The molecule has 0 unspecified atom stereocenters. The lowest BCUT2D eigenvalue weighted by molar-refractivity contribution is -0.384. The SMILES string of the molecule is CCN(CC)c1nc(-c2ccc(NC(=O)c3ccc([N+](=O)[O-])cc3Cl)cc2)cs1. The molecule has 0 aliphatic carbocycles. The number of nitrogens with one attached hydrogen (secondary N) is 1. The van der Waals surface area contributed by atoms with Gasteiger partial charge < -0.3 is 10.2 Å². The minimum atomic E-state index is -0.559. The Kier molecular flexibility index (Phi) is 6.46. The van der Waals surface area contributed by atoms with Crippen LogP contribution in [-0.2, 0) is 0 Å². The van der Waals surface area contributed by atoms with Gasteiger partial charge in [0.15, 0.2) is 5.13 Å². The molecule has 0 aliphatic heterocycles. The molecule has 1 aromatic heterocycles. The molecule has 7 nitrogen and oxygen atoms in total. The summed E-state index contributed by atoms with van der Waals surface area (Å²) >= 11 is 7.62. The second-order valence-corrected chi connectivity index (χ2v) is 7.38. The Bertz CT molecular complexity index is 1030. The van der Waals surface area contributed by atoms with E-state index in [-0.39, 0.29) is 16.3 Å². The smallest absolute Gasteiger partial charge is 0.270 e. The molecule has 0 saturated heterocycles. The molecule has 0 spiro atoms. The highest BCUT2D eigenvalue weighted by atomic mass is 35.5. The van der Waals surface area contributed by atoms with E-state index < -0.39 is 10.8 Å². The molecule has 2 aromatic carbocycles. The maximum Gasteiger partial charge on any atom is 0.270 e. The topological polar surface area (TPSA) is 88.4 Å². The Balaban J connectivity index is 1.72. The van der Waals surface area contributed by atoms with E-state index in [1.165, 1.54) is 12.1 Å². The van der Waals surface area contributed by atoms with Crippen molar-refractivity contribution in [3.8, 4) is 11.3 Å². The monoisotopic (exact) mass is 430 g/mol. The van der Waals surface area contributed by atoms with E-state index in [9.17, 15) is 14.9 Å². The van der Waals surface area contributed by atoms with Gasteiger partial charge in [0.25, 0.3) is 11.6 Å². The van der Waals surface area contributed by atoms with Gasteiger partial charge in [-0.1, -0.05) is 23.7 Å². The van der Waals surface area contributed by atoms with Crippen LogP contribution in [0.4, 0.5) is 16.5 Å². The Morgan fingerprint density at radius 2 is 1.90 bits per heavy atom. The number of carbonyl (C=O) groups is 1. The van der Waals surface area contributed by atoms with E-state index >= 15 is 0 Å². The fourth-order valence-corrected chi connectivity index (χ4v) is 3.99. The van der Waals surface area contributed by atoms with Crippen molar-refractivity contribution in [3.05, 3.63) is 68.5 Å². The summed E-state index contributed by atoms with van der Waals surface area (Å²) in [5.41, 5.74) is 2.43. The van der Waals surface area contributed by atoms with Crippen LogP contribution in [0, 0.1) is 10.1 Å². The zero-order valence-corrected chi connectivity index (χ0v) is 17.5. The average molecular weight is 431 g/mol. The van der Waals surface area contributed by atoms with E-state index in [2.05, 4.69) is 29.0 Å². The standard InChI is InChI=1S/C20H19ClN4O3S/c1-3-24(4-2)20-23-18(12-29-20)13-5-7-14(8-6-13)22-19(26)16-10-9-15(25(27)28)11-17(16)21/h5-12H,3-4H2,1-2H3,(H,22,26). The lowest BCUT2D eigenvalue weighted by Crippen LogP contribution is -2.21. The lowest BCUT2D eigenvalue weighted by Gasteiger charge is -2.16. The number of non-ortho nitro benzene ring substituents is 1. The number of carbonyl (C=O) groups excluding carboxylic acids is 1. The molecule has 0 atom stereocenters. The predicted octanol–water partition coefficient (Wildman–Crippen LogP) is 5.47. The highest BCUT2D eigenvalue weighted by Gasteiger charge is 2.15. The average Bonchev–Trinajstić information content (AvgIpc) is 3.19. The number of anilines is 2. The highest BCUT2D eigenvalue weighted by Crippen LogP contribution is 2.28. The van der Waals surface area contributed by atoms with Gasteiger partial charge in [0.1, 0.15) is 0 Å². The summed E-state index contributed by atoms with van der Waals surface area (Å²) in [5.74, 6) is -0.435. The quantitative estimate of drug-likeness (QED) is 0.396. The van der Waals surface area contributed by atoms with E-state index in [0.29, 0.717) is 5.69 Å². The summed E-state index contributed by atoms with van der Waals surface area (Å²) in [5, 5.41) is 16.6. The second kappa shape index (κ2) is 9.02. The summed E-state index contributed by atoms with van der Waals surface area (Å²) in [6.07, 6.45) is 0. The zero-order valence-electron chi connectivity index (χ0n) is 15.9. The van der Waals surface area contributed by atoms with Gasteiger partial charge in [-0.15, -0.1) is 11.3 Å². The molecule has 9 heteroatoms. The molecule has 29 heavy (non-hydrogen) atoms. The van der Waals surface area contributed by atoms with Gasteiger partial charge in [0.05, 0.1) is 21.2 Å². The first-order chi connectivity index (χ1) is 13.9. The van der Waals surface area contributed by atoms with Gasteiger partial charge in [-0.05, 0) is 32.0 Å². The molecule has 0 saturated carbocycles. The number of halogens is 1. The number of hydrogen-bond donors (Lipinski definition) is 1. The molecule has 3 rings (SSSR count). The van der Waals surface area contributed by atoms with Gasteiger partial charge in [-0.25, -0.2) is 4.98 Å². The highest BCUT2D eigenvalue weighted by molar-refractivity contribution is 7.14. The zero-order chi connectivity index (χ0) is 21.0. The molecular formula is C20H19ClN4O3S. The third kappa shape index (κ3) is 4.72. The van der Waals surface area contributed by atoms with Crippen molar-refractivity contribution in [1.29, 1.82) is 0 Å². The molecule has 0 aliphatic rings. The minimum Gasteiger partial charge on any atom is -0.349 e. The fourth-order valence-electron chi connectivity index (χ4n) is 2.76. The van der Waals surface area contributed by atoms with Crippen molar-refractivity contribution in [2.24, 2.45) is 0 Å². The number of benzene rings is 2. The molecule has 0 bridgehead atoms. The number of thiazole rings is 1. The first-order valence-corrected chi connectivity index (χ1v) is 10.2. The van der Waals surface area contributed by atoms with Crippen LogP contribution < -0.4 is 10.2 Å². The molecule has 1 amide bonds. The van der Waals surface area contributed by atoms with Crippen molar-refractivity contribution < 1.29 is 9.72 Å². The molecule has 1 N–H and O–H groups in total.